The molecule has 1 aliphatic rings. The van der Waals surface area contributed by atoms with E-state index in [1.165, 1.54) is 43.4 Å². The van der Waals surface area contributed by atoms with Crippen LogP contribution in [0.15, 0.2) is 24.3 Å². The van der Waals surface area contributed by atoms with E-state index in [0.29, 0.717) is 11.5 Å². The molecule has 1 unspecified atom stereocenters. The summed E-state index contributed by atoms with van der Waals surface area (Å²) in [6.07, 6.45) is 7.83. The number of nitrogens with one attached hydrogen (secondary N) is 1. The Morgan fingerprint density at radius 3 is 2.83 bits per heavy atom. The molecule has 1 atom stereocenters. The normalized spacial score (nSPS) is 23.4. The highest BCUT2D eigenvalue weighted by Gasteiger charge is 2.24. The van der Waals surface area contributed by atoms with Crippen molar-refractivity contribution in [1.29, 1.82) is 0 Å². The topological polar surface area (TPSA) is 12.0 Å². The summed E-state index contributed by atoms with van der Waals surface area (Å²) in [6, 6.07) is 9.55. The molecule has 0 aliphatic heterocycles. The molecule has 1 fully saturated rings. The van der Waals surface area contributed by atoms with Gasteiger partial charge in [-0.2, -0.15) is 0 Å². The summed E-state index contributed by atoms with van der Waals surface area (Å²) in [7, 11) is 0. The zero-order valence-electron chi connectivity index (χ0n) is 12.1. The van der Waals surface area contributed by atoms with Gasteiger partial charge in [-0.25, -0.2) is 0 Å². The number of hydrogen-bond acceptors (Lipinski definition) is 1. The summed E-state index contributed by atoms with van der Waals surface area (Å²) in [5, 5.41) is 3.73. The molecule has 1 nitrogen and oxygen atoms in total. The van der Waals surface area contributed by atoms with Crippen molar-refractivity contribution in [2.75, 3.05) is 5.32 Å². The number of benzene rings is 1. The lowest BCUT2D eigenvalue weighted by molar-refractivity contribution is 0.313. The molecule has 0 heterocycles. The van der Waals surface area contributed by atoms with Crippen molar-refractivity contribution in [3.8, 4) is 0 Å². The van der Waals surface area contributed by atoms with Crippen LogP contribution < -0.4 is 5.32 Å². The Kier molecular flexibility index (Phi) is 4.31. The maximum Gasteiger partial charge on any atom is 0.0345 e. The molecule has 1 aliphatic carbocycles. The lowest BCUT2D eigenvalue weighted by atomic mass is 9.85. The maximum atomic E-state index is 3.73. The number of rotatable bonds is 3. The number of anilines is 1. The average Bonchev–Trinajstić information content (AvgIpc) is 2.51. The van der Waals surface area contributed by atoms with Gasteiger partial charge in [-0.05, 0) is 55.2 Å². The molecule has 0 spiro atoms. The van der Waals surface area contributed by atoms with Crippen molar-refractivity contribution in [2.24, 2.45) is 5.41 Å². The Hall–Kier alpha value is -0.980. The molecule has 18 heavy (non-hydrogen) atoms. The van der Waals surface area contributed by atoms with Crippen molar-refractivity contribution in [3.63, 3.8) is 0 Å². The summed E-state index contributed by atoms with van der Waals surface area (Å²) < 4.78 is 0. The molecular weight excluding hydrogens is 218 g/mol. The van der Waals surface area contributed by atoms with Gasteiger partial charge < -0.3 is 5.32 Å². The minimum atomic E-state index is 0.543. The van der Waals surface area contributed by atoms with Crippen molar-refractivity contribution in [1.82, 2.24) is 0 Å². The van der Waals surface area contributed by atoms with Gasteiger partial charge in [0.15, 0.2) is 0 Å². The van der Waals surface area contributed by atoms with Crippen molar-refractivity contribution in [3.05, 3.63) is 29.8 Å². The summed E-state index contributed by atoms with van der Waals surface area (Å²) >= 11 is 0. The second-order valence-corrected chi connectivity index (χ2v) is 6.49. The summed E-state index contributed by atoms with van der Waals surface area (Å²) in [5.41, 5.74) is 3.27. The van der Waals surface area contributed by atoms with E-state index in [0.717, 1.165) is 6.42 Å². The monoisotopic (exact) mass is 245 g/mol. The molecule has 0 saturated heterocycles. The van der Waals surface area contributed by atoms with E-state index in [1.807, 2.05) is 0 Å². The Labute approximate surface area is 112 Å². The van der Waals surface area contributed by atoms with Gasteiger partial charge >= 0.3 is 0 Å². The first-order chi connectivity index (χ1) is 8.59. The molecule has 1 aromatic carbocycles. The van der Waals surface area contributed by atoms with Gasteiger partial charge in [0.25, 0.3) is 0 Å². The van der Waals surface area contributed by atoms with E-state index in [4.69, 9.17) is 0 Å². The van der Waals surface area contributed by atoms with Gasteiger partial charge in [0.1, 0.15) is 0 Å². The van der Waals surface area contributed by atoms with Crippen LogP contribution in [-0.4, -0.2) is 6.04 Å². The Balaban J connectivity index is 1.96. The summed E-state index contributed by atoms with van der Waals surface area (Å²) in [6.45, 7) is 7.04. The van der Waals surface area contributed by atoms with Crippen LogP contribution in [0.5, 0.6) is 0 Å². The van der Waals surface area contributed by atoms with Crippen LogP contribution in [-0.2, 0) is 6.42 Å². The molecule has 2 rings (SSSR count). The fourth-order valence-electron chi connectivity index (χ4n) is 2.92. The third-order valence-electron chi connectivity index (χ3n) is 4.28. The SMILES string of the molecule is CCc1cccc(NC2CCCC(C)(C)CC2)c1. The van der Waals surface area contributed by atoms with Crippen molar-refractivity contribution < 1.29 is 0 Å². The molecule has 0 amide bonds. The Morgan fingerprint density at radius 2 is 2.06 bits per heavy atom. The largest absolute Gasteiger partial charge is 0.382 e. The zero-order valence-corrected chi connectivity index (χ0v) is 12.1. The minimum absolute atomic E-state index is 0.543. The highest BCUT2D eigenvalue weighted by Crippen LogP contribution is 2.34. The van der Waals surface area contributed by atoms with Crippen LogP contribution in [0.1, 0.15) is 58.4 Å². The van der Waals surface area contributed by atoms with Gasteiger partial charge in [0, 0.05) is 11.7 Å². The lowest BCUT2D eigenvalue weighted by Gasteiger charge is -2.22. The highest BCUT2D eigenvalue weighted by molar-refractivity contribution is 5.46. The van der Waals surface area contributed by atoms with Crippen LogP contribution in [0, 0.1) is 5.41 Å². The van der Waals surface area contributed by atoms with E-state index >= 15 is 0 Å². The van der Waals surface area contributed by atoms with E-state index in [2.05, 4.69) is 50.4 Å². The zero-order chi connectivity index (χ0) is 13.0. The van der Waals surface area contributed by atoms with Crippen LogP contribution in [0.4, 0.5) is 5.69 Å². The first-order valence-electron chi connectivity index (χ1n) is 7.44. The molecule has 0 bridgehead atoms. The minimum Gasteiger partial charge on any atom is -0.382 e. The van der Waals surface area contributed by atoms with Gasteiger partial charge in [-0.1, -0.05) is 39.3 Å². The van der Waals surface area contributed by atoms with Crippen molar-refractivity contribution in [2.45, 2.75) is 65.3 Å². The maximum absolute atomic E-state index is 3.73. The molecule has 0 aromatic heterocycles. The fraction of sp³-hybridized carbons (Fsp3) is 0.647. The van der Waals surface area contributed by atoms with Crippen LogP contribution in [0.3, 0.4) is 0 Å². The van der Waals surface area contributed by atoms with E-state index in [-0.39, 0.29) is 0 Å². The van der Waals surface area contributed by atoms with Gasteiger partial charge in [0.05, 0.1) is 0 Å². The van der Waals surface area contributed by atoms with Gasteiger partial charge in [-0.3, -0.25) is 0 Å². The van der Waals surface area contributed by atoms with Gasteiger partial charge in [0.2, 0.25) is 0 Å². The quantitative estimate of drug-likeness (QED) is 0.737. The second kappa shape index (κ2) is 5.77. The van der Waals surface area contributed by atoms with Gasteiger partial charge in [-0.15, -0.1) is 0 Å². The van der Waals surface area contributed by atoms with Crippen LogP contribution >= 0.6 is 0 Å². The molecular formula is C17H27N. The molecule has 1 saturated carbocycles. The third-order valence-corrected chi connectivity index (χ3v) is 4.28. The number of hydrogen-bond donors (Lipinski definition) is 1. The molecule has 1 aromatic rings. The van der Waals surface area contributed by atoms with Crippen LogP contribution in [0.2, 0.25) is 0 Å². The highest BCUT2D eigenvalue weighted by atomic mass is 14.9. The van der Waals surface area contributed by atoms with E-state index in [9.17, 15) is 0 Å². The number of aryl methyl sites for hydroxylation is 1. The fourth-order valence-corrected chi connectivity index (χ4v) is 2.92. The third kappa shape index (κ3) is 3.76. The molecule has 0 radical (unpaired) electrons. The predicted molar refractivity (Wildman–Crippen MR) is 80.1 cm³/mol. The molecule has 100 valence electrons. The molecule has 1 N–H and O–H groups in total. The predicted octanol–water partition coefficient (Wildman–Crippen LogP) is 5.02. The summed E-state index contributed by atoms with van der Waals surface area (Å²) in [4.78, 5) is 0. The standard InChI is InChI=1S/C17H27N/c1-4-14-7-5-8-16(13-14)18-15-9-6-11-17(2,3)12-10-15/h5,7-8,13,15,18H,4,6,9-12H2,1-3H3. The molecule has 1 heteroatoms. The van der Waals surface area contributed by atoms with E-state index in [1.54, 1.807) is 0 Å². The first kappa shape index (κ1) is 13.5. The Bertz CT molecular complexity index is 381. The Morgan fingerprint density at radius 1 is 1.22 bits per heavy atom. The first-order valence-corrected chi connectivity index (χ1v) is 7.44. The smallest absolute Gasteiger partial charge is 0.0345 e. The second-order valence-electron chi connectivity index (χ2n) is 6.49. The van der Waals surface area contributed by atoms with Crippen LogP contribution in [0.25, 0.3) is 0 Å². The average molecular weight is 245 g/mol. The lowest BCUT2D eigenvalue weighted by Crippen LogP contribution is -2.19. The van der Waals surface area contributed by atoms with Crippen molar-refractivity contribution >= 4 is 5.69 Å². The summed E-state index contributed by atoms with van der Waals surface area (Å²) in [5.74, 6) is 0. The van der Waals surface area contributed by atoms with E-state index < -0.39 is 0 Å².